The molecular weight excluding hydrogens is 1060 g/mol. The van der Waals surface area contributed by atoms with Crippen LogP contribution in [0.25, 0.3) is 0 Å². The molecule has 12 atom stereocenters. The fraction of sp³-hybridized carbons (Fsp3) is 0.818. The number of carbonyl (C=O) groups excluding carboxylic acids is 10. The molecule has 456 valence electrons. The van der Waals surface area contributed by atoms with E-state index in [-0.39, 0.29) is 81.7 Å². The Bertz CT molecular complexity index is 2290. The lowest BCUT2D eigenvalue weighted by Gasteiger charge is -2.42. The van der Waals surface area contributed by atoms with Crippen LogP contribution in [-0.4, -0.2) is 162 Å². The van der Waals surface area contributed by atoms with Gasteiger partial charge in [0.2, 0.25) is 39.4 Å². The number of piperidine rings is 1. The van der Waals surface area contributed by atoms with Crippen molar-refractivity contribution < 1.29 is 80.8 Å². The van der Waals surface area contributed by atoms with Crippen molar-refractivity contribution in [3.8, 4) is 0 Å². The van der Waals surface area contributed by atoms with E-state index in [1.807, 2.05) is 18.6 Å². The lowest BCUT2D eigenvalue weighted by atomic mass is 9.76. The third kappa shape index (κ3) is 22.2. The van der Waals surface area contributed by atoms with Crippen molar-refractivity contribution in [2.75, 3.05) is 31.9 Å². The average Bonchev–Trinajstić information content (AvgIpc) is 3.36. The number of sulfonamides is 1. The summed E-state index contributed by atoms with van der Waals surface area (Å²) in [4.78, 5) is 135. The van der Waals surface area contributed by atoms with Gasteiger partial charge in [-0.05, 0) is 128 Å². The summed E-state index contributed by atoms with van der Waals surface area (Å²) in [6.07, 6.45) is -0.0419. The minimum Gasteiger partial charge on any atom is -0.460 e. The van der Waals surface area contributed by atoms with Gasteiger partial charge in [0, 0.05) is 37.9 Å². The normalized spacial score (nSPS) is 24.4. The van der Waals surface area contributed by atoms with E-state index in [0.29, 0.717) is 38.5 Å². The molecule has 2 saturated heterocycles. The molecule has 0 aromatic heterocycles. The van der Waals surface area contributed by atoms with Crippen molar-refractivity contribution in [3.63, 3.8) is 0 Å². The first kappa shape index (κ1) is 69.0. The number of hydrogen-bond acceptors (Lipinski definition) is 17. The maximum atomic E-state index is 14.3. The third-order valence-corrected chi connectivity index (χ3v) is 16.3. The first-order valence-corrected chi connectivity index (χ1v) is 30.1. The summed E-state index contributed by atoms with van der Waals surface area (Å²) >= 11 is 0. The Hall–Kier alpha value is -5.27. The fourth-order valence-corrected chi connectivity index (χ4v) is 10.8. The maximum absolute atomic E-state index is 14.3. The molecule has 8 N–H and O–H groups in total. The molecule has 80 heavy (non-hydrogen) atoms. The number of rotatable bonds is 28. The molecule has 2 aliphatic heterocycles. The number of aliphatic hydroxyl groups excluding tert-OH is 1. The Kier molecular flexibility index (Phi) is 26.9. The fourth-order valence-electron chi connectivity index (χ4n) is 10.2. The van der Waals surface area contributed by atoms with Crippen LogP contribution in [-0.2, 0) is 67.4 Å². The number of esters is 1. The second-order valence-corrected chi connectivity index (χ2v) is 26.0. The van der Waals surface area contributed by atoms with E-state index in [9.17, 15) is 66.6 Å². The monoisotopic (exact) mass is 1160 g/mol. The highest BCUT2D eigenvalue weighted by atomic mass is 32.2. The molecular formula is C55H93N7O17S. The van der Waals surface area contributed by atoms with E-state index >= 15 is 0 Å². The molecule has 2 heterocycles. The van der Waals surface area contributed by atoms with E-state index in [2.05, 4.69) is 26.6 Å². The summed E-state index contributed by atoms with van der Waals surface area (Å²) in [7, 11) is -3.92. The minimum absolute atomic E-state index is 0.0133. The number of ether oxygens (including phenoxy) is 3. The largest absolute Gasteiger partial charge is 0.460 e. The number of aliphatic hydroxyl groups is 2. The van der Waals surface area contributed by atoms with E-state index in [1.165, 1.54) is 20.8 Å². The van der Waals surface area contributed by atoms with Crippen LogP contribution in [0, 0.1) is 41.4 Å². The average molecular weight is 1160 g/mol. The Morgan fingerprint density at radius 3 is 2.08 bits per heavy atom. The number of nitrogens with one attached hydrogen (secondary N) is 6. The molecule has 0 aromatic carbocycles. The molecule has 0 spiro atoms. The van der Waals surface area contributed by atoms with Gasteiger partial charge in [0.25, 0.3) is 17.6 Å². The van der Waals surface area contributed by atoms with E-state index < -0.39 is 154 Å². The van der Waals surface area contributed by atoms with Crippen LogP contribution in [0.2, 0.25) is 0 Å². The van der Waals surface area contributed by atoms with Crippen molar-refractivity contribution in [2.45, 2.75) is 214 Å². The number of carbonyl (C=O) groups is 10. The van der Waals surface area contributed by atoms with Crippen LogP contribution in [0.4, 0.5) is 4.79 Å². The van der Waals surface area contributed by atoms with Crippen molar-refractivity contribution >= 4 is 69.1 Å². The Labute approximate surface area is 472 Å². The van der Waals surface area contributed by atoms with Crippen molar-refractivity contribution in [2.24, 2.45) is 41.4 Å². The quantitative estimate of drug-likeness (QED) is 0.0317. The Balaban J connectivity index is 1.70. The summed E-state index contributed by atoms with van der Waals surface area (Å²) in [5, 5.41) is 35.0. The van der Waals surface area contributed by atoms with Crippen LogP contribution < -0.4 is 31.3 Å². The van der Waals surface area contributed by atoms with Crippen LogP contribution in [0.3, 0.4) is 0 Å². The molecule has 3 fully saturated rings. The summed E-state index contributed by atoms with van der Waals surface area (Å²) in [5.41, 5.74) is -0.708. The smallest absolute Gasteiger partial charge is 0.407 e. The summed E-state index contributed by atoms with van der Waals surface area (Å²) in [6.45, 7) is 19.7. The van der Waals surface area contributed by atoms with Crippen LogP contribution >= 0.6 is 0 Å². The number of nitrogens with zero attached hydrogens (tertiary/aromatic N) is 1. The molecule has 3 rings (SSSR count). The maximum Gasteiger partial charge on any atom is 0.407 e. The molecule has 1 saturated carbocycles. The SMILES string of the molecule is CCS(=O)(=O)NC(=O)[C@H](CC(C)C)NC(=O)[C@H](C)NC(=O)[C@@H](CC(=O)CNC(=O)C[C@H](OC(=O)[C@@H]1CCCCN1C(=O)C(=O)C1(O)O[C@H](CC(=O)NCCNC(=O)OC(C)(C)C)CC[C@H]1C)[C@H](C)C[C@@H]1CC[C@@H](O)[C@H](C)C1)C(C)C. The van der Waals surface area contributed by atoms with Gasteiger partial charge in [-0.1, -0.05) is 48.5 Å². The molecule has 1 unspecified atom stereocenters. The van der Waals surface area contributed by atoms with Gasteiger partial charge in [0.15, 0.2) is 5.78 Å². The van der Waals surface area contributed by atoms with Gasteiger partial charge < -0.3 is 55.9 Å². The van der Waals surface area contributed by atoms with E-state index in [0.717, 1.165) is 4.90 Å². The van der Waals surface area contributed by atoms with Crippen molar-refractivity contribution in [3.05, 3.63) is 0 Å². The summed E-state index contributed by atoms with van der Waals surface area (Å²) in [5.74, 6) is -13.0. The van der Waals surface area contributed by atoms with Crippen LogP contribution in [0.1, 0.15) is 167 Å². The van der Waals surface area contributed by atoms with Gasteiger partial charge in [0.05, 0.1) is 37.3 Å². The second-order valence-electron chi connectivity index (χ2n) is 24.0. The number of Topliss-reactive ketones (excluding diaryl/α,β-unsaturated/α-hetero) is 2. The molecule has 0 bridgehead atoms. The van der Waals surface area contributed by atoms with Crippen molar-refractivity contribution in [1.82, 2.24) is 36.2 Å². The highest BCUT2D eigenvalue weighted by molar-refractivity contribution is 7.90. The summed E-state index contributed by atoms with van der Waals surface area (Å²) < 4.78 is 43.3. The molecule has 0 aromatic rings. The molecule has 1 aliphatic carbocycles. The highest BCUT2D eigenvalue weighted by Gasteiger charge is 2.53. The number of likely N-dealkylation sites (tertiary alicyclic amines) is 1. The molecule has 0 radical (unpaired) electrons. The third-order valence-electron chi connectivity index (χ3n) is 15.0. The van der Waals surface area contributed by atoms with Gasteiger partial charge in [-0.2, -0.15) is 0 Å². The van der Waals surface area contributed by atoms with Gasteiger partial charge >= 0.3 is 12.1 Å². The zero-order valence-corrected chi connectivity index (χ0v) is 49.9. The lowest BCUT2D eigenvalue weighted by molar-refractivity contribution is -0.262. The lowest BCUT2D eigenvalue weighted by Crippen LogP contribution is -2.61. The molecule has 24 nitrogen and oxygen atoms in total. The van der Waals surface area contributed by atoms with E-state index in [1.54, 1.807) is 48.5 Å². The standard InChI is InChI=1S/C55H93N7O17S/c1-13-80(75,76)61-50(70)41(24-31(2)3)60-48(68)36(9)59-49(69)40(32(4)5)27-38(63)30-58-46(66)29-44(34(7)26-37-18-20-43(64)33(6)25-37)77-52(72)42-16-14-15-23-62(42)51(71)47(67)55(74)35(8)17-19-39(78-55)28-45(65)56-21-22-57-53(73)79-54(10,11)12/h31-37,39-44,64,74H,13-30H2,1-12H3,(H,56,65)(H,57,73)(H,58,66)(H,59,69)(H,60,68)(H,61,70)/t33-,34-,35-,36+,37-,39+,40+,41+,42+,43-,44+,55?/m1/s1. The first-order valence-electron chi connectivity index (χ1n) is 28.5. The number of ketones is 2. The minimum atomic E-state index is -3.92. The van der Waals surface area contributed by atoms with Gasteiger partial charge in [-0.3, -0.25) is 43.1 Å². The van der Waals surface area contributed by atoms with E-state index in [4.69, 9.17) is 14.2 Å². The number of hydrogen-bond donors (Lipinski definition) is 8. The van der Waals surface area contributed by atoms with Crippen LogP contribution in [0.15, 0.2) is 0 Å². The Morgan fingerprint density at radius 2 is 1.46 bits per heavy atom. The topological polar surface area (TPSA) is 348 Å². The zero-order valence-electron chi connectivity index (χ0n) is 49.1. The number of amides is 7. The second kappa shape index (κ2) is 31.2. The Morgan fingerprint density at radius 1 is 0.800 bits per heavy atom. The van der Waals surface area contributed by atoms with Gasteiger partial charge in [-0.25, -0.2) is 18.0 Å². The van der Waals surface area contributed by atoms with Crippen LogP contribution in [0.5, 0.6) is 0 Å². The summed E-state index contributed by atoms with van der Waals surface area (Å²) in [6, 6.07) is -3.68. The van der Waals surface area contributed by atoms with Gasteiger partial charge in [0.1, 0.15) is 29.8 Å². The van der Waals surface area contributed by atoms with Crippen molar-refractivity contribution in [1.29, 1.82) is 0 Å². The van der Waals surface area contributed by atoms with Gasteiger partial charge in [-0.15, -0.1) is 0 Å². The zero-order chi connectivity index (χ0) is 60.4. The predicted molar refractivity (Wildman–Crippen MR) is 293 cm³/mol. The first-order chi connectivity index (χ1) is 37.2. The highest BCUT2D eigenvalue weighted by Crippen LogP contribution is 2.37. The predicted octanol–water partition coefficient (Wildman–Crippen LogP) is 2.45. The molecule has 3 aliphatic rings. The molecule has 7 amide bonds. The number of alkyl carbamates (subject to hydrolysis) is 1. The molecule has 25 heteroatoms.